The number of amides is 1. The lowest BCUT2D eigenvalue weighted by Gasteiger charge is -2.26. The Labute approximate surface area is 243 Å². The number of carbonyl (C=O) groups excluding carboxylic acids is 1. The zero-order valence-corrected chi connectivity index (χ0v) is 23.3. The van der Waals surface area contributed by atoms with Crippen LogP contribution in [-0.4, -0.2) is 63.7 Å². The van der Waals surface area contributed by atoms with Crippen LogP contribution in [0.4, 0.5) is 17.2 Å². The van der Waals surface area contributed by atoms with Gasteiger partial charge in [0.25, 0.3) is 5.91 Å². The van der Waals surface area contributed by atoms with Crippen molar-refractivity contribution in [3.63, 3.8) is 0 Å². The normalized spacial score (nSPS) is 14.2. The number of aliphatic hydroxyl groups excluding tert-OH is 1. The third-order valence-electron chi connectivity index (χ3n) is 6.78. The molecule has 1 aliphatic heterocycles. The number of unbranched alkanes of at least 4 members (excludes halogenated alkanes) is 2. The third kappa shape index (κ3) is 7.78. The lowest BCUT2D eigenvalue weighted by atomic mass is 10.0. The number of benzene rings is 2. The Bertz CT molecular complexity index is 1550. The predicted octanol–water partition coefficient (Wildman–Crippen LogP) is 4.95. The lowest BCUT2D eigenvalue weighted by Crippen LogP contribution is -2.36. The first-order valence-electron chi connectivity index (χ1n) is 13.6. The van der Waals surface area contributed by atoms with Gasteiger partial charge in [0.05, 0.1) is 18.7 Å². The monoisotopic (exact) mass is 570 g/mol. The van der Waals surface area contributed by atoms with Crippen molar-refractivity contribution in [2.24, 2.45) is 0 Å². The number of aliphatic hydroxyl groups is 1. The average molecular weight is 571 g/mol. The number of hydrogen-bond acceptors (Lipinski definition) is 8. The second-order valence-electron chi connectivity index (χ2n) is 9.67. The Morgan fingerprint density at radius 1 is 1.10 bits per heavy atom. The highest BCUT2D eigenvalue weighted by Gasteiger charge is 2.15. The number of halogens is 1. The number of hydrogen-bond donors (Lipinski definition) is 3. The maximum Gasteiger partial charge on any atom is 0.300 e. The number of rotatable bonds is 9. The molecular weight excluding hydrogens is 540 g/mol. The summed E-state index contributed by atoms with van der Waals surface area (Å²) >= 11 is 6.53. The summed E-state index contributed by atoms with van der Waals surface area (Å²) in [5.41, 5.74) is 3.21. The highest BCUT2D eigenvalue weighted by Crippen LogP contribution is 2.32. The van der Waals surface area contributed by atoms with Gasteiger partial charge in [-0.2, -0.15) is 0 Å². The maximum absolute atomic E-state index is 12.4. The molecule has 1 amide bonds. The third-order valence-corrected chi connectivity index (χ3v) is 7.11. The first kappa shape index (κ1) is 28.5. The Hall–Kier alpha value is -4.07. The predicted molar refractivity (Wildman–Crippen MR) is 160 cm³/mol. The molecule has 1 saturated heterocycles. The van der Waals surface area contributed by atoms with Gasteiger partial charge in [0.1, 0.15) is 18.2 Å². The van der Waals surface area contributed by atoms with Crippen LogP contribution in [0.2, 0.25) is 5.02 Å². The summed E-state index contributed by atoms with van der Waals surface area (Å²) in [6, 6.07) is 14.3. The smallest absolute Gasteiger partial charge is 0.300 e. The fraction of sp³-hybridized carbons (Fsp3) is 0.290. The zero-order valence-electron chi connectivity index (χ0n) is 22.5. The van der Waals surface area contributed by atoms with E-state index in [1.165, 1.54) is 6.33 Å². The summed E-state index contributed by atoms with van der Waals surface area (Å²) in [5, 5.41) is 18.0. The van der Waals surface area contributed by atoms with Crippen molar-refractivity contribution in [3.8, 4) is 11.8 Å². The Morgan fingerprint density at radius 3 is 2.76 bits per heavy atom. The van der Waals surface area contributed by atoms with E-state index in [1.807, 2.05) is 18.2 Å². The second-order valence-corrected chi connectivity index (χ2v) is 10.1. The molecule has 9 nitrogen and oxygen atoms in total. The fourth-order valence-electron chi connectivity index (χ4n) is 4.59. The van der Waals surface area contributed by atoms with Gasteiger partial charge in [-0.05, 0) is 61.7 Å². The molecule has 41 heavy (non-hydrogen) atoms. The van der Waals surface area contributed by atoms with Crippen LogP contribution in [0, 0.1) is 11.8 Å². The quantitative estimate of drug-likeness (QED) is 0.191. The van der Waals surface area contributed by atoms with Gasteiger partial charge in [-0.25, -0.2) is 9.97 Å². The number of ether oxygens (including phenoxy) is 1. The molecule has 0 bridgehead atoms. The summed E-state index contributed by atoms with van der Waals surface area (Å²) in [6.45, 7) is 4.62. The highest BCUT2D eigenvalue weighted by molar-refractivity contribution is 6.31. The SMILES string of the molecule is O=C(C#CCCCCN1CCOCC1)Nc1ccc2ncnc(Nc3ccc(C(O)c4cccnc4)c(Cl)c3)c2c1. The van der Waals surface area contributed by atoms with E-state index >= 15 is 0 Å². The first-order chi connectivity index (χ1) is 20.1. The van der Waals surface area contributed by atoms with E-state index in [2.05, 4.69) is 42.3 Å². The van der Waals surface area contributed by atoms with Crippen LogP contribution >= 0.6 is 11.6 Å². The van der Waals surface area contributed by atoms with Crippen molar-refractivity contribution in [2.45, 2.75) is 25.4 Å². The summed E-state index contributed by atoms with van der Waals surface area (Å²) in [5.74, 6) is 5.85. The molecule has 5 rings (SSSR count). The molecule has 3 N–H and O–H groups in total. The van der Waals surface area contributed by atoms with Crippen LogP contribution in [0.25, 0.3) is 10.9 Å². The maximum atomic E-state index is 12.4. The highest BCUT2D eigenvalue weighted by atomic mass is 35.5. The van der Waals surface area contributed by atoms with Crippen LogP contribution in [0.15, 0.2) is 67.3 Å². The van der Waals surface area contributed by atoms with E-state index in [0.717, 1.165) is 51.1 Å². The Balaban J connectivity index is 1.20. The average Bonchev–Trinajstić information content (AvgIpc) is 3.00. The molecule has 10 heteroatoms. The van der Waals surface area contributed by atoms with E-state index in [4.69, 9.17) is 16.3 Å². The Morgan fingerprint density at radius 2 is 1.95 bits per heavy atom. The van der Waals surface area contributed by atoms with Crippen molar-refractivity contribution in [3.05, 3.63) is 83.4 Å². The minimum Gasteiger partial charge on any atom is -0.384 e. The summed E-state index contributed by atoms with van der Waals surface area (Å²) < 4.78 is 5.37. The largest absolute Gasteiger partial charge is 0.384 e. The van der Waals surface area contributed by atoms with Gasteiger partial charge in [0.15, 0.2) is 0 Å². The minimum atomic E-state index is -0.894. The number of morpholine rings is 1. The number of carbonyl (C=O) groups is 1. The molecule has 0 spiro atoms. The first-order valence-corrected chi connectivity index (χ1v) is 13.9. The van der Waals surface area contributed by atoms with Gasteiger partial charge in [0.2, 0.25) is 0 Å². The van der Waals surface area contributed by atoms with E-state index in [9.17, 15) is 9.90 Å². The number of anilines is 3. The number of nitrogens with one attached hydrogen (secondary N) is 2. The second kappa shape index (κ2) is 14.0. The van der Waals surface area contributed by atoms with Crippen LogP contribution in [0.3, 0.4) is 0 Å². The molecule has 1 fully saturated rings. The molecule has 2 aromatic carbocycles. The van der Waals surface area contributed by atoms with Crippen molar-refractivity contribution in [1.82, 2.24) is 19.9 Å². The van der Waals surface area contributed by atoms with Crippen molar-refractivity contribution >= 4 is 45.6 Å². The number of nitrogens with zero attached hydrogens (tertiary/aromatic N) is 4. The topological polar surface area (TPSA) is 112 Å². The molecule has 2 aromatic heterocycles. The van der Waals surface area contributed by atoms with Gasteiger partial charge in [-0.1, -0.05) is 29.7 Å². The zero-order chi connectivity index (χ0) is 28.4. The lowest BCUT2D eigenvalue weighted by molar-refractivity contribution is -0.111. The van der Waals surface area contributed by atoms with E-state index in [-0.39, 0.29) is 5.91 Å². The van der Waals surface area contributed by atoms with E-state index < -0.39 is 6.10 Å². The Kier molecular flexibility index (Phi) is 9.73. The molecule has 1 aliphatic rings. The molecule has 210 valence electrons. The van der Waals surface area contributed by atoms with Crippen LogP contribution < -0.4 is 10.6 Å². The van der Waals surface area contributed by atoms with Crippen molar-refractivity contribution < 1.29 is 14.6 Å². The van der Waals surface area contributed by atoms with Gasteiger partial charge in [-0.3, -0.25) is 14.7 Å². The van der Waals surface area contributed by atoms with Crippen molar-refractivity contribution in [2.75, 3.05) is 43.5 Å². The molecule has 0 aliphatic carbocycles. The van der Waals surface area contributed by atoms with Gasteiger partial charge in [0, 0.05) is 64.8 Å². The van der Waals surface area contributed by atoms with Crippen LogP contribution in [-0.2, 0) is 9.53 Å². The molecule has 4 aromatic rings. The number of pyridine rings is 1. The minimum absolute atomic E-state index is 0.363. The molecule has 0 saturated carbocycles. The molecular formula is C31H31ClN6O3. The summed E-state index contributed by atoms with van der Waals surface area (Å²) in [4.78, 5) is 27.6. The van der Waals surface area contributed by atoms with E-state index in [0.29, 0.717) is 45.3 Å². The standard InChI is InChI=1S/C31H31ClN6O3/c32-27-19-24(8-10-25(27)30(40)22-6-5-12-33-20-22)37-31-26-18-23(9-11-28(26)34-21-35-31)36-29(39)7-3-1-2-4-13-38-14-16-41-17-15-38/h5-6,8-12,18-21,30,40H,1-2,4,13-17H2,(H,36,39)(H,34,35,37). The summed E-state index contributed by atoms with van der Waals surface area (Å²) in [6.07, 6.45) is 6.51. The summed E-state index contributed by atoms with van der Waals surface area (Å²) in [7, 11) is 0. The van der Waals surface area contributed by atoms with Crippen LogP contribution in [0.5, 0.6) is 0 Å². The number of fused-ring (bicyclic) bond motifs is 1. The number of aromatic nitrogens is 3. The fourth-order valence-corrected chi connectivity index (χ4v) is 4.88. The molecule has 1 unspecified atom stereocenters. The molecule has 0 radical (unpaired) electrons. The van der Waals surface area contributed by atoms with Crippen LogP contribution in [0.1, 0.15) is 36.5 Å². The molecule has 3 heterocycles. The van der Waals surface area contributed by atoms with Gasteiger partial charge < -0.3 is 20.5 Å². The van der Waals surface area contributed by atoms with E-state index in [1.54, 1.807) is 42.7 Å². The van der Waals surface area contributed by atoms with Gasteiger partial charge >= 0.3 is 0 Å². The van der Waals surface area contributed by atoms with Gasteiger partial charge in [-0.15, -0.1) is 0 Å². The van der Waals surface area contributed by atoms with Crippen molar-refractivity contribution in [1.29, 1.82) is 0 Å². The molecule has 1 atom stereocenters.